The second-order valence-electron chi connectivity index (χ2n) is 3.92. The smallest absolute Gasteiger partial charge is 0.103 e. The van der Waals surface area contributed by atoms with E-state index in [1.807, 2.05) is 12.1 Å². The second-order valence-corrected chi connectivity index (χ2v) is 3.92. The molecule has 0 amide bonds. The molecule has 0 bridgehead atoms. The van der Waals surface area contributed by atoms with Crippen LogP contribution in [0.1, 0.15) is 24.1 Å². The molecule has 76 valence electrons. The van der Waals surface area contributed by atoms with E-state index in [-0.39, 0.29) is 0 Å². The van der Waals surface area contributed by atoms with E-state index >= 15 is 0 Å². The van der Waals surface area contributed by atoms with E-state index in [9.17, 15) is 0 Å². The van der Waals surface area contributed by atoms with Crippen molar-refractivity contribution in [3.05, 3.63) is 35.5 Å². The zero-order valence-corrected chi connectivity index (χ0v) is 8.33. The fraction of sp³-hybridized carbons (Fsp3) is 0.250. The molecular weight excluding hydrogens is 188 g/mol. The van der Waals surface area contributed by atoms with Gasteiger partial charge in [0.25, 0.3) is 0 Å². The van der Waals surface area contributed by atoms with Gasteiger partial charge in [0.1, 0.15) is 5.71 Å². The van der Waals surface area contributed by atoms with Crippen LogP contribution in [0, 0.1) is 0 Å². The van der Waals surface area contributed by atoms with Gasteiger partial charge < -0.3 is 10.2 Å². The fourth-order valence-electron chi connectivity index (χ4n) is 2.36. The van der Waals surface area contributed by atoms with Crippen LogP contribution in [0.4, 0.5) is 0 Å². The highest BCUT2D eigenvalue weighted by Crippen LogP contribution is 2.28. The Hall–Kier alpha value is -1.77. The van der Waals surface area contributed by atoms with E-state index in [0.717, 1.165) is 36.2 Å². The van der Waals surface area contributed by atoms with Gasteiger partial charge in [0, 0.05) is 10.9 Å². The number of aromatic amines is 1. The predicted octanol–water partition coefficient (Wildman–Crippen LogP) is 2.68. The van der Waals surface area contributed by atoms with Crippen molar-refractivity contribution in [2.45, 2.75) is 19.3 Å². The highest BCUT2D eigenvalue weighted by atomic mass is 16.4. The minimum Gasteiger partial charge on any atom is -0.411 e. The van der Waals surface area contributed by atoms with Crippen LogP contribution >= 0.6 is 0 Å². The van der Waals surface area contributed by atoms with Crippen molar-refractivity contribution in [2.24, 2.45) is 5.16 Å². The molecule has 0 saturated carbocycles. The summed E-state index contributed by atoms with van der Waals surface area (Å²) >= 11 is 0. The van der Waals surface area contributed by atoms with Crippen molar-refractivity contribution >= 4 is 16.6 Å². The Morgan fingerprint density at radius 3 is 2.93 bits per heavy atom. The number of aryl methyl sites for hydroxylation is 1. The van der Waals surface area contributed by atoms with Crippen molar-refractivity contribution in [2.75, 3.05) is 0 Å². The van der Waals surface area contributed by atoms with Gasteiger partial charge in [0.15, 0.2) is 0 Å². The van der Waals surface area contributed by atoms with Crippen LogP contribution < -0.4 is 0 Å². The highest BCUT2D eigenvalue weighted by Gasteiger charge is 2.20. The summed E-state index contributed by atoms with van der Waals surface area (Å²) < 4.78 is 0. The highest BCUT2D eigenvalue weighted by molar-refractivity contribution is 6.06. The number of rotatable bonds is 0. The van der Waals surface area contributed by atoms with Crippen molar-refractivity contribution in [1.29, 1.82) is 0 Å². The summed E-state index contributed by atoms with van der Waals surface area (Å²) in [6, 6.07) is 8.23. The van der Waals surface area contributed by atoms with Gasteiger partial charge in [-0.3, -0.25) is 0 Å². The molecule has 0 saturated heterocycles. The van der Waals surface area contributed by atoms with E-state index in [4.69, 9.17) is 5.21 Å². The third kappa shape index (κ3) is 1.16. The average molecular weight is 200 g/mol. The molecule has 15 heavy (non-hydrogen) atoms. The molecule has 1 aliphatic rings. The largest absolute Gasteiger partial charge is 0.411 e. The summed E-state index contributed by atoms with van der Waals surface area (Å²) in [5, 5.41) is 13.6. The number of hydrogen-bond donors (Lipinski definition) is 2. The first-order chi connectivity index (χ1) is 7.40. The third-order valence-electron chi connectivity index (χ3n) is 3.06. The number of fused-ring (bicyclic) bond motifs is 3. The first-order valence-electron chi connectivity index (χ1n) is 5.21. The van der Waals surface area contributed by atoms with Crippen molar-refractivity contribution in [3.63, 3.8) is 0 Å². The van der Waals surface area contributed by atoms with Gasteiger partial charge in [-0.05, 0) is 30.9 Å². The standard InChI is InChI=1S/C12H12N2O/c15-14-11-7-3-5-9-8-4-1-2-6-10(8)13-12(9)11/h1-2,4,6,13,15H,3,5,7H2. The molecule has 3 heteroatoms. The molecule has 1 heterocycles. The van der Waals surface area contributed by atoms with Crippen molar-refractivity contribution < 1.29 is 5.21 Å². The van der Waals surface area contributed by atoms with E-state index in [2.05, 4.69) is 22.3 Å². The Bertz CT molecular complexity index is 540. The van der Waals surface area contributed by atoms with Gasteiger partial charge in [-0.1, -0.05) is 23.4 Å². The zero-order valence-electron chi connectivity index (χ0n) is 8.33. The normalized spacial score (nSPS) is 18.3. The second kappa shape index (κ2) is 3.12. The molecule has 1 aliphatic carbocycles. The number of nitrogens with one attached hydrogen (secondary N) is 1. The quantitative estimate of drug-likeness (QED) is 0.498. The monoisotopic (exact) mass is 200 g/mol. The maximum Gasteiger partial charge on any atom is 0.103 e. The third-order valence-corrected chi connectivity index (χ3v) is 3.06. The lowest BCUT2D eigenvalue weighted by Gasteiger charge is -2.12. The molecular formula is C12H12N2O. The predicted molar refractivity (Wildman–Crippen MR) is 59.6 cm³/mol. The molecule has 0 aliphatic heterocycles. The molecule has 1 aromatic carbocycles. The zero-order chi connectivity index (χ0) is 10.3. The summed E-state index contributed by atoms with van der Waals surface area (Å²) in [6.45, 7) is 0. The lowest BCUT2D eigenvalue weighted by Crippen LogP contribution is -2.10. The van der Waals surface area contributed by atoms with Crippen LogP contribution in [0.25, 0.3) is 10.9 Å². The van der Waals surface area contributed by atoms with Crippen LogP contribution in [-0.4, -0.2) is 15.9 Å². The molecule has 0 spiro atoms. The lowest BCUT2D eigenvalue weighted by atomic mass is 9.94. The Morgan fingerprint density at radius 1 is 1.20 bits per heavy atom. The van der Waals surface area contributed by atoms with Gasteiger partial charge in [-0.15, -0.1) is 0 Å². The van der Waals surface area contributed by atoms with Gasteiger partial charge >= 0.3 is 0 Å². The SMILES string of the molecule is ON=C1CCCc2c1[nH]c1ccccc21. The maximum atomic E-state index is 8.93. The molecule has 2 aromatic rings. The fourth-order valence-corrected chi connectivity index (χ4v) is 2.36. The Morgan fingerprint density at radius 2 is 2.07 bits per heavy atom. The number of H-pyrrole nitrogens is 1. The lowest BCUT2D eigenvalue weighted by molar-refractivity contribution is 0.317. The van der Waals surface area contributed by atoms with Crippen LogP contribution in [-0.2, 0) is 6.42 Å². The number of hydrogen-bond acceptors (Lipinski definition) is 2. The molecule has 3 rings (SSSR count). The van der Waals surface area contributed by atoms with Gasteiger partial charge in [-0.2, -0.15) is 0 Å². The van der Waals surface area contributed by atoms with Crippen LogP contribution in [0.5, 0.6) is 0 Å². The summed E-state index contributed by atoms with van der Waals surface area (Å²) in [7, 11) is 0. The summed E-state index contributed by atoms with van der Waals surface area (Å²) in [6.07, 6.45) is 2.99. The molecule has 0 fully saturated rings. The number of aromatic nitrogens is 1. The van der Waals surface area contributed by atoms with Gasteiger partial charge in [0.2, 0.25) is 0 Å². The van der Waals surface area contributed by atoms with E-state index in [0.29, 0.717) is 0 Å². The molecule has 3 nitrogen and oxygen atoms in total. The Balaban J connectivity index is 2.34. The Kier molecular flexibility index (Phi) is 1.78. The average Bonchev–Trinajstić information content (AvgIpc) is 2.67. The minimum absolute atomic E-state index is 0.785. The number of benzene rings is 1. The first-order valence-corrected chi connectivity index (χ1v) is 5.21. The van der Waals surface area contributed by atoms with Crippen LogP contribution in [0.2, 0.25) is 0 Å². The number of oxime groups is 1. The van der Waals surface area contributed by atoms with Crippen molar-refractivity contribution in [3.8, 4) is 0 Å². The van der Waals surface area contributed by atoms with Crippen LogP contribution in [0.15, 0.2) is 29.4 Å². The molecule has 1 aromatic heterocycles. The topological polar surface area (TPSA) is 48.4 Å². The van der Waals surface area contributed by atoms with E-state index < -0.39 is 0 Å². The summed E-state index contributed by atoms with van der Waals surface area (Å²) in [5.41, 5.74) is 4.23. The minimum atomic E-state index is 0.785. The Labute approximate surface area is 87.4 Å². The van der Waals surface area contributed by atoms with Crippen molar-refractivity contribution in [1.82, 2.24) is 4.98 Å². The summed E-state index contributed by atoms with van der Waals surface area (Å²) in [4.78, 5) is 3.33. The van der Waals surface area contributed by atoms with Gasteiger partial charge in [0.05, 0.1) is 5.69 Å². The molecule has 0 unspecified atom stereocenters. The molecule has 0 radical (unpaired) electrons. The molecule has 2 N–H and O–H groups in total. The van der Waals surface area contributed by atoms with E-state index in [1.54, 1.807) is 0 Å². The summed E-state index contributed by atoms with van der Waals surface area (Å²) in [5.74, 6) is 0. The number of para-hydroxylation sites is 1. The van der Waals surface area contributed by atoms with Crippen LogP contribution in [0.3, 0.4) is 0 Å². The number of nitrogens with zero attached hydrogens (tertiary/aromatic N) is 1. The van der Waals surface area contributed by atoms with Gasteiger partial charge in [-0.25, -0.2) is 0 Å². The van der Waals surface area contributed by atoms with E-state index in [1.165, 1.54) is 10.9 Å². The molecule has 0 atom stereocenters. The maximum absolute atomic E-state index is 8.93. The first kappa shape index (κ1) is 8.53.